The highest BCUT2D eigenvalue weighted by atomic mass is 35.5. The molecule has 7 rings (SSSR count). The van der Waals surface area contributed by atoms with Crippen molar-refractivity contribution in [2.75, 3.05) is 51.3 Å². The highest BCUT2D eigenvalue weighted by molar-refractivity contribution is 7.90. The van der Waals surface area contributed by atoms with Crippen molar-refractivity contribution >= 4 is 33.2 Å². The van der Waals surface area contributed by atoms with Gasteiger partial charge in [0.1, 0.15) is 11.4 Å². The minimum Gasteiger partial charge on any atom is -0.490 e. The molecule has 6 atom stereocenters. The van der Waals surface area contributed by atoms with Crippen LogP contribution >= 0.6 is 11.6 Å². The molecule has 0 aromatic heterocycles. The average molecular weight is 766 g/mol. The van der Waals surface area contributed by atoms with Gasteiger partial charge in [0.2, 0.25) is 10.0 Å². The molecule has 2 aromatic rings. The fourth-order valence-corrected chi connectivity index (χ4v) is 11.1. The molecule has 3 aliphatic carbocycles. The van der Waals surface area contributed by atoms with Gasteiger partial charge in [-0.3, -0.25) is 9.69 Å². The Morgan fingerprint density at radius 3 is 2.64 bits per heavy atom. The number of rotatable bonds is 11. The summed E-state index contributed by atoms with van der Waals surface area (Å²) in [5.41, 5.74) is 3.08. The number of hydrogen-bond acceptors (Lipinski definition) is 7. The van der Waals surface area contributed by atoms with Crippen LogP contribution in [0.3, 0.4) is 0 Å². The van der Waals surface area contributed by atoms with E-state index in [1.807, 2.05) is 25.3 Å². The summed E-state index contributed by atoms with van der Waals surface area (Å²) in [5, 5.41) is 0.0304. The molecule has 0 unspecified atom stereocenters. The predicted octanol–water partition coefficient (Wildman–Crippen LogP) is 8.17. The summed E-state index contributed by atoms with van der Waals surface area (Å²) in [6, 6.07) is 11.7. The zero-order chi connectivity index (χ0) is 37.4. The minimum absolute atomic E-state index is 0.259. The first-order valence-electron chi connectivity index (χ1n) is 20.3. The maximum atomic E-state index is 13.4. The van der Waals surface area contributed by atoms with Crippen LogP contribution in [-0.2, 0) is 26.6 Å². The van der Waals surface area contributed by atoms with E-state index in [-0.39, 0.29) is 11.0 Å². The first-order valence-corrected chi connectivity index (χ1v) is 22.2. The first-order chi connectivity index (χ1) is 25.5. The molecule has 1 amide bonds. The molecule has 10 heteroatoms. The standard InChI is InChI=1S/C43H60ClN3O5S/c1-5-6-21-43(51-4,28-46-22-19-31-10-7-8-11-34(31)25-46)38-16-13-35(38)26-47-27-42(20-9-12-32-23-36(44)15-17-37(32)42)29-52-40-18-14-33(24-39(40)47)41(48)45-53(49,50)30(2)3/h6,14-15,17-18,21,23-24,30-31,34-35,38H,5,7-13,16,19-20,22,25-29H2,1-4H3,(H,45,48)/b21-6+/t31-,34-,35+,38-,42+,43+/m1/s1. The van der Waals surface area contributed by atoms with Gasteiger partial charge in [0.05, 0.1) is 17.5 Å². The second kappa shape index (κ2) is 15.9. The lowest BCUT2D eigenvalue weighted by Crippen LogP contribution is -2.58. The number of amides is 1. The number of sulfonamides is 1. The molecule has 2 aliphatic heterocycles. The van der Waals surface area contributed by atoms with E-state index < -0.39 is 21.2 Å². The van der Waals surface area contributed by atoms with E-state index in [9.17, 15) is 13.2 Å². The van der Waals surface area contributed by atoms with Crippen molar-refractivity contribution < 1.29 is 22.7 Å². The van der Waals surface area contributed by atoms with E-state index in [1.54, 1.807) is 19.9 Å². The molecule has 53 heavy (non-hydrogen) atoms. The van der Waals surface area contributed by atoms with Crippen molar-refractivity contribution in [1.82, 2.24) is 9.62 Å². The molecule has 1 saturated heterocycles. The number of fused-ring (bicyclic) bond motifs is 4. The Labute approximate surface area is 323 Å². The van der Waals surface area contributed by atoms with Gasteiger partial charge in [0, 0.05) is 49.3 Å². The van der Waals surface area contributed by atoms with Crippen LogP contribution < -0.4 is 14.4 Å². The zero-order valence-electron chi connectivity index (χ0n) is 32.2. The Kier molecular flexibility index (Phi) is 11.6. The van der Waals surface area contributed by atoms with E-state index in [2.05, 4.69) is 45.7 Å². The van der Waals surface area contributed by atoms with E-state index in [4.69, 9.17) is 21.1 Å². The topological polar surface area (TPSA) is 88.2 Å². The van der Waals surface area contributed by atoms with Gasteiger partial charge in [-0.2, -0.15) is 0 Å². The van der Waals surface area contributed by atoms with E-state index in [0.717, 1.165) is 93.0 Å². The van der Waals surface area contributed by atoms with Gasteiger partial charge in [-0.25, -0.2) is 13.1 Å². The van der Waals surface area contributed by atoms with Crippen LogP contribution in [0.25, 0.3) is 0 Å². The number of allylic oxidation sites excluding steroid dienone is 1. The van der Waals surface area contributed by atoms with E-state index in [1.165, 1.54) is 49.8 Å². The monoisotopic (exact) mass is 765 g/mol. The molecule has 290 valence electrons. The molecule has 5 aliphatic rings. The second-order valence-electron chi connectivity index (χ2n) is 17.1. The van der Waals surface area contributed by atoms with Gasteiger partial charge in [0.25, 0.3) is 5.91 Å². The molecule has 2 saturated carbocycles. The van der Waals surface area contributed by atoms with Crippen LogP contribution in [0.5, 0.6) is 5.75 Å². The molecule has 2 heterocycles. The normalized spacial score (nSPS) is 28.7. The summed E-state index contributed by atoms with van der Waals surface area (Å²) < 4.78 is 41.1. The smallest absolute Gasteiger partial charge is 0.264 e. The predicted molar refractivity (Wildman–Crippen MR) is 214 cm³/mol. The fourth-order valence-electron chi connectivity index (χ4n) is 10.3. The maximum Gasteiger partial charge on any atom is 0.264 e. The number of hydrogen-bond donors (Lipinski definition) is 1. The highest BCUT2D eigenvalue weighted by Crippen LogP contribution is 2.49. The number of halogens is 1. The van der Waals surface area contributed by atoms with Gasteiger partial charge in [0.15, 0.2) is 0 Å². The number of nitrogens with zero attached hydrogens (tertiary/aromatic N) is 2. The summed E-state index contributed by atoms with van der Waals surface area (Å²) in [5.74, 6) is 2.49. The minimum atomic E-state index is -3.79. The van der Waals surface area contributed by atoms with Gasteiger partial charge >= 0.3 is 0 Å². The summed E-state index contributed by atoms with van der Waals surface area (Å²) in [7, 11) is -1.88. The average Bonchev–Trinajstić information content (AvgIpc) is 3.28. The quantitative estimate of drug-likeness (QED) is 0.231. The van der Waals surface area contributed by atoms with Gasteiger partial charge in [-0.15, -0.1) is 0 Å². The van der Waals surface area contributed by atoms with Crippen molar-refractivity contribution in [3.8, 4) is 5.75 Å². The molecular weight excluding hydrogens is 706 g/mol. The summed E-state index contributed by atoms with van der Waals surface area (Å²) in [6.07, 6.45) is 17.7. The number of aryl methyl sites for hydroxylation is 1. The van der Waals surface area contributed by atoms with Crippen molar-refractivity contribution in [3.63, 3.8) is 0 Å². The lowest BCUT2D eigenvalue weighted by Gasteiger charge is -2.53. The molecule has 1 N–H and O–H groups in total. The van der Waals surface area contributed by atoms with Crippen molar-refractivity contribution in [1.29, 1.82) is 0 Å². The second-order valence-corrected chi connectivity index (χ2v) is 19.7. The number of piperidine rings is 1. The summed E-state index contributed by atoms with van der Waals surface area (Å²) >= 11 is 6.51. The first kappa shape index (κ1) is 38.7. The summed E-state index contributed by atoms with van der Waals surface area (Å²) in [6.45, 7) is 10.6. The molecule has 0 radical (unpaired) electrons. The maximum absolute atomic E-state index is 13.4. The molecule has 1 spiro atoms. The van der Waals surface area contributed by atoms with Crippen molar-refractivity contribution in [2.24, 2.45) is 23.7 Å². The van der Waals surface area contributed by atoms with Crippen LogP contribution in [0, 0.1) is 23.7 Å². The van der Waals surface area contributed by atoms with E-state index in [0.29, 0.717) is 24.0 Å². The number of likely N-dealkylation sites (tertiary alicyclic amines) is 1. The third-order valence-corrected chi connectivity index (χ3v) is 15.5. The Bertz CT molecular complexity index is 1780. The lowest BCUT2D eigenvalue weighted by molar-refractivity contribution is -0.0987. The van der Waals surface area contributed by atoms with E-state index >= 15 is 0 Å². The van der Waals surface area contributed by atoms with Crippen LogP contribution in [0.1, 0.15) is 106 Å². The SMILES string of the molecule is CC/C=C/[C@@](CN1CC[C@H]2CCCC[C@@H]2C1)(OC)[C@@H]1CC[C@H]1CN1C[C@@]2(CCCc3cc(Cl)ccc32)COc2ccc(C(=O)NS(=O)(=O)C(C)C)cc21. The number of ether oxygens (including phenoxy) is 2. The van der Waals surface area contributed by atoms with Crippen LogP contribution in [0.15, 0.2) is 48.6 Å². The van der Waals surface area contributed by atoms with Crippen LogP contribution in [0.4, 0.5) is 5.69 Å². The number of anilines is 1. The number of nitrogens with one attached hydrogen (secondary N) is 1. The molecule has 2 aromatic carbocycles. The molecule has 3 fully saturated rings. The number of carbonyl (C=O) groups is 1. The lowest BCUT2D eigenvalue weighted by atomic mass is 9.63. The van der Waals surface area contributed by atoms with Gasteiger partial charge in [-0.05, 0) is 137 Å². The van der Waals surface area contributed by atoms with Crippen LogP contribution in [-0.4, -0.2) is 76.5 Å². The molecule has 0 bridgehead atoms. The number of carbonyl (C=O) groups excluding carboxylic acids is 1. The highest BCUT2D eigenvalue weighted by Gasteiger charge is 2.50. The van der Waals surface area contributed by atoms with Gasteiger partial charge in [-0.1, -0.05) is 56.0 Å². The van der Waals surface area contributed by atoms with Crippen LogP contribution in [0.2, 0.25) is 5.02 Å². The van der Waals surface area contributed by atoms with Crippen molar-refractivity contribution in [3.05, 3.63) is 70.3 Å². The third kappa shape index (κ3) is 7.92. The Hall–Kier alpha value is -2.59. The Morgan fingerprint density at radius 1 is 1.09 bits per heavy atom. The third-order valence-electron chi connectivity index (χ3n) is 13.5. The Morgan fingerprint density at radius 2 is 1.91 bits per heavy atom. The molecular formula is C43H60ClN3O5S. The van der Waals surface area contributed by atoms with Gasteiger partial charge < -0.3 is 14.4 Å². The Balaban J connectivity index is 1.21. The zero-order valence-corrected chi connectivity index (χ0v) is 33.8. The molecule has 8 nitrogen and oxygen atoms in total. The van der Waals surface area contributed by atoms with Crippen molar-refractivity contribution in [2.45, 2.75) is 108 Å². The fraction of sp³-hybridized carbons (Fsp3) is 0.651. The number of benzene rings is 2. The summed E-state index contributed by atoms with van der Waals surface area (Å²) in [4.78, 5) is 18.6. The number of methoxy groups -OCH3 is 1. The largest absolute Gasteiger partial charge is 0.490 e.